The van der Waals surface area contributed by atoms with Crippen molar-refractivity contribution in [1.82, 2.24) is 10.3 Å². The lowest BCUT2D eigenvalue weighted by molar-refractivity contribution is 0.168. The Hall–Kier alpha value is -2.63. The van der Waals surface area contributed by atoms with Crippen LogP contribution in [0.15, 0.2) is 41.2 Å². The molecule has 2 aromatic carbocycles. The van der Waals surface area contributed by atoms with Gasteiger partial charge in [0.2, 0.25) is 5.56 Å². The van der Waals surface area contributed by atoms with Crippen LogP contribution >= 0.6 is 0 Å². The van der Waals surface area contributed by atoms with Crippen LogP contribution in [-0.4, -0.2) is 27.8 Å². The summed E-state index contributed by atoms with van der Waals surface area (Å²) < 4.78 is 0. The molecule has 4 rings (SSSR count). The van der Waals surface area contributed by atoms with Crippen LogP contribution in [0, 0.1) is 0 Å². The molecule has 0 amide bonds. The zero-order chi connectivity index (χ0) is 22.3. The van der Waals surface area contributed by atoms with Gasteiger partial charge in [-0.25, -0.2) is 0 Å². The fraction of sp³-hybridized carbons (Fsp3) is 0.423. The van der Waals surface area contributed by atoms with Crippen molar-refractivity contribution in [3.8, 4) is 5.75 Å². The molecule has 5 heteroatoms. The number of H-pyrrole nitrogens is 1. The van der Waals surface area contributed by atoms with E-state index >= 15 is 0 Å². The lowest BCUT2D eigenvalue weighted by atomic mass is 9.93. The van der Waals surface area contributed by atoms with Gasteiger partial charge in [0, 0.05) is 24.0 Å². The Morgan fingerprint density at radius 3 is 2.19 bits per heavy atom. The van der Waals surface area contributed by atoms with E-state index in [4.69, 9.17) is 0 Å². The summed E-state index contributed by atoms with van der Waals surface area (Å²) in [5.74, 6) is 0.728. The molecule has 5 nitrogen and oxygen atoms in total. The van der Waals surface area contributed by atoms with Crippen molar-refractivity contribution in [3.05, 3.63) is 74.6 Å². The van der Waals surface area contributed by atoms with Gasteiger partial charge in [-0.2, -0.15) is 0 Å². The summed E-state index contributed by atoms with van der Waals surface area (Å²) in [5.41, 5.74) is 6.47. The van der Waals surface area contributed by atoms with E-state index in [9.17, 15) is 15.0 Å². The number of hydrogen-bond acceptors (Lipinski definition) is 4. The van der Waals surface area contributed by atoms with Gasteiger partial charge in [0.15, 0.2) is 0 Å². The third kappa shape index (κ3) is 3.77. The van der Waals surface area contributed by atoms with E-state index in [1.165, 1.54) is 34.4 Å². The van der Waals surface area contributed by atoms with E-state index < -0.39 is 6.10 Å². The zero-order valence-corrected chi connectivity index (χ0v) is 18.7. The number of aliphatic hydroxyl groups is 1. The smallest absolute Gasteiger partial charge is 0.248 e. The van der Waals surface area contributed by atoms with Crippen molar-refractivity contribution >= 4 is 10.9 Å². The molecule has 0 saturated carbocycles. The Labute approximate surface area is 183 Å². The highest BCUT2D eigenvalue weighted by atomic mass is 16.3. The van der Waals surface area contributed by atoms with Crippen LogP contribution < -0.4 is 10.9 Å². The highest BCUT2D eigenvalue weighted by Gasteiger charge is 2.36. The van der Waals surface area contributed by atoms with Gasteiger partial charge < -0.3 is 20.5 Å². The van der Waals surface area contributed by atoms with Crippen molar-refractivity contribution in [2.24, 2.45) is 0 Å². The Balaban J connectivity index is 1.56. The largest absolute Gasteiger partial charge is 0.506 e. The molecule has 0 fully saturated rings. The maximum absolute atomic E-state index is 11.6. The molecular weight excluding hydrogens is 388 g/mol. The number of rotatable bonds is 6. The number of phenolic OH excluding ortho intramolecular Hbond substituents is 1. The number of aryl methyl sites for hydroxylation is 2. The highest BCUT2D eigenvalue weighted by molar-refractivity contribution is 5.87. The first-order valence-electron chi connectivity index (χ1n) is 11.3. The van der Waals surface area contributed by atoms with Gasteiger partial charge >= 0.3 is 0 Å². The normalized spacial score (nSPS) is 21.4. The minimum absolute atomic E-state index is 0.00329. The maximum atomic E-state index is 11.6. The topological polar surface area (TPSA) is 85.3 Å². The minimum atomic E-state index is -0.755. The quantitative estimate of drug-likeness (QED) is 0.480. The molecule has 3 atom stereocenters. The maximum Gasteiger partial charge on any atom is 0.248 e. The number of pyridine rings is 1. The Kier molecular flexibility index (Phi) is 5.91. The van der Waals surface area contributed by atoms with Crippen LogP contribution in [0.4, 0.5) is 0 Å². The molecule has 1 heterocycles. The molecule has 164 valence electrons. The molecule has 0 aliphatic heterocycles. The van der Waals surface area contributed by atoms with Crippen LogP contribution in [0.5, 0.6) is 5.75 Å². The van der Waals surface area contributed by atoms with Crippen LogP contribution in [0.2, 0.25) is 0 Å². The summed E-state index contributed by atoms with van der Waals surface area (Å²) >= 11 is 0. The van der Waals surface area contributed by atoms with Gasteiger partial charge in [0.25, 0.3) is 0 Å². The average molecular weight is 421 g/mol. The summed E-state index contributed by atoms with van der Waals surface area (Å²) in [5, 5.41) is 25.3. The number of phenols is 1. The Morgan fingerprint density at radius 1 is 1.00 bits per heavy atom. The van der Waals surface area contributed by atoms with Gasteiger partial charge in [-0.1, -0.05) is 45.9 Å². The fourth-order valence-corrected chi connectivity index (χ4v) is 5.26. The minimum Gasteiger partial charge on any atom is -0.506 e. The van der Waals surface area contributed by atoms with Crippen molar-refractivity contribution in [1.29, 1.82) is 0 Å². The SMILES string of the molecule is CCc1cc2c(cc1CC)C(C)C(NC[C@H](O)c1ccc(O)c3[nH]c(=O)ccc13)C2C. The van der Waals surface area contributed by atoms with Gasteiger partial charge in [-0.15, -0.1) is 0 Å². The molecule has 4 N–H and O–H groups in total. The van der Waals surface area contributed by atoms with E-state index in [-0.39, 0.29) is 17.4 Å². The molecular formula is C26H32N2O3. The highest BCUT2D eigenvalue weighted by Crippen LogP contribution is 2.43. The van der Waals surface area contributed by atoms with Crippen molar-refractivity contribution in [2.75, 3.05) is 6.54 Å². The first-order valence-corrected chi connectivity index (χ1v) is 11.3. The molecule has 0 spiro atoms. The second-order valence-corrected chi connectivity index (χ2v) is 8.77. The van der Waals surface area contributed by atoms with Crippen LogP contribution in [0.3, 0.4) is 0 Å². The second-order valence-electron chi connectivity index (χ2n) is 8.77. The summed E-state index contributed by atoms with van der Waals surface area (Å²) in [6.45, 7) is 9.35. The van der Waals surface area contributed by atoms with Gasteiger partial charge in [-0.3, -0.25) is 4.79 Å². The average Bonchev–Trinajstić information content (AvgIpc) is 3.00. The molecule has 1 aromatic heterocycles. The first kappa shape index (κ1) is 21.6. The van der Waals surface area contributed by atoms with Gasteiger partial charge in [-0.05, 0) is 64.6 Å². The second kappa shape index (κ2) is 8.48. The number of aromatic nitrogens is 1. The monoisotopic (exact) mass is 420 g/mol. The van der Waals surface area contributed by atoms with E-state index in [1.54, 1.807) is 12.1 Å². The van der Waals surface area contributed by atoms with Gasteiger partial charge in [0.05, 0.1) is 11.6 Å². The molecule has 1 aliphatic carbocycles. The molecule has 3 aromatic rings. The summed E-state index contributed by atoms with van der Waals surface area (Å²) in [6.07, 6.45) is 1.34. The Morgan fingerprint density at radius 2 is 1.61 bits per heavy atom. The van der Waals surface area contributed by atoms with Gasteiger partial charge in [0.1, 0.15) is 5.75 Å². The number of hydrogen-bond donors (Lipinski definition) is 4. The van der Waals surface area contributed by atoms with E-state index in [0.717, 1.165) is 12.8 Å². The van der Waals surface area contributed by atoms with Crippen LogP contribution in [0.1, 0.15) is 73.5 Å². The van der Waals surface area contributed by atoms with E-state index in [1.807, 2.05) is 0 Å². The number of benzene rings is 2. The summed E-state index contributed by atoms with van der Waals surface area (Å²) in [7, 11) is 0. The number of nitrogens with one attached hydrogen (secondary N) is 2. The Bertz CT molecular complexity index is 1130. The molecule has 31 heavy (non-hydrogen) atoms. The third-order valence-corrected chi connectivity index (χ3v) is 7.04. The predicted molar refractivity (Wildman–Crippen MR) is 125 cm³/mol. The molecule has 0 saturated heterocycles. The predicted octanol–water partition coefficient (Wildman–Crippen LogP) is 4.27. The lowest BCUT2D eigenvalue weighted by Gasteiger charge is -2.24. The number of aromatic hydroxyl groups is 1. The summed E-state index contributed by atoms with van der Waals surface area (Å²) in [6, 6.07) is 11.3. The third-order valence-electron chi connectivity index (χ3n) is 7.04. The molecule has 2 unspecified atom stereocenters. The van der Waals surface area contributed by atoms with E-state index in [2.05, 4.69) is 50.1 Å². The first-order chi connectivity index (χ1) is 14.8. The zero-order valence-electron chi connectivity index (χ0n) is 18.7. The molecule has 0 bridgehead atoms. The van der Waals surface area contributed by atoms with Crippen molar-refractivity contribution < 1.29 is 10.2 Å². The van der Waals surface area contributed by atoms with E-state index in [0.29, 0.717) is 34.8 Å². The van der Waals surface area contributed by atoms with Crippen LogP contribution in [0.25, 0.3) is 10.9 Å². The fourth-order valence-electron chi connectivity index (χ4n) is 5.26. The number of fused-ring (bicyclic) bond motifs is 2. The number of aliphatic hydroxyl groups excluding tert-OH is 1. The standard InChI is InChI=1S/C26H32N2O3/c1-5-16-11-20-14(3)25(15(4)21(20)12-17(16)6-2)27-13-23(30)18-7-9-22(29)26-19(18)8-10-24(31)28-26/h7-12,14-15,23,25,27,29-30H,5-6,13H2,1-4H3,(H,28,31)/t14?,15?,23-,25?/m0/s1. The van der Waals surface area contributed by atoms with Crippen molar-refractivity contribution in [2.45, 2.75) is 64.5 Å². The number of aromatic amines is 1. The summed E-state index contributed by atoms with van der Waals surface area (Å²) in [4.78, 5) is 14.3. The lowest BCUT2D eigenvalue weighted by Crippen LogP contribution is -2.36. The molecule has 1 aliphatic rings. The van der Waals surface area contributed by atoms with Crippen LogP contribution in [-0.2, 0) is 12.8 Å². The van der Waals surface area contributed by atoms with Crippen molar-refractivity contribution in [3.63, 3.8) is 0 Å². The molecule has 0 radical (unpaired) electrons.